The van der Waals surface area contributed by atoms with Gasteiger partial charge in [0.05, 0.1) is 5.41 Å². The molecule has 42 heavy (non-hydrogen) atoms. The molecule has 1 N–H and O–H groups in total. The average Bonchev–Trinajstić information content (AvgIpc) is 3.23. The van der Waals surface area contributed by atoms with Crippen LogP contribution in [0, 0.1) is 5.41 Å². The minimum Gasteiger partial charge on any atom is -0.481 e. The quantitative estimate of drug-likeness (QED) is 0.368. The van der Waals surface area contributed by atoms with Crippen molar-refractivity contribution in [3.63, 3.8) is 0 Å². The van der Waals surface area contributed by atoms with E-state index < -0.39 is 54.7 Å². The molecule has 8 nitrogen and oxygen atoms in total. The van der Waals surface area contributed by atoms with Crippen LogP contribution in [0.1, 0.15) is 63.5 Å². The number of carbonyl (C=O) groups excluding carboxylic acids is 2. The first-order valence-electron chi connectivity index (χ1n) is 14.1. The first kappa shape index (κ1) is 31.2. The van der Waals surface area contributed by atoms with Gasteiger partial charge in [0.25, 0.3) is 0 Å². The highest BCUT2D eigenvalue weighted by Crippen LogP contribution is 2.48. The van der Waals surface area contributed by atoms with Crippen LogP contribution in [-0.4, -0.2) is 77.6 Å². The molecule has 0 bridgehead atoms. The molecule has 0 spiro atoms. The van der Waals surface area contributed by atoms with Gasteiger partial charge in [-0.2, -0.15) is 13.2 Å². The molecule has 1 heterocycles. The fourth-order valence-corrected chi connectivity index (χ4v) is 5.68. The van der Waals surface area contributed by atoms with Crippen LogP contribution in [-0.2, 0) is 14.3 Å². The van der Waals surface area contributed by atoms with E-state index in [9.17, 15) is 27.6 Å². The number of fused-ring (bicyclic) bond motifs is 3. The number of carboxylic acids is 1. The standard InChI is InChI=1S/C31H37F3N2O6/c1-29(2,3)42-28(40)35-17-14-30(15-18-35,31(32,33)34)20-36(16-8-13-26(37)38)27(39)41-19-25-23-11-6-4-9-21(23)22-10-5-7-12-24(22)25/h4-7,9-12,25H,8,13-20H2,1-3H3,(H,37,38). The summed E-state index contributed by atoms with van der Waals surface area (Å²) in [5, 5.41) is 9.10. The highest BCUT2D eigenvalue weighted by molar-refractivity contribution is 5.79. The summed E-state index contributed by atoms with van der Waals surface area (Å²) in [6.45, 7) is 3.66. The zero-order valence-corrected chi connectivity index (χ0v) is 24.1. The molecule has 0 saturated carbocycles. The van der Waals surface area contributed by atoms with Gasteiger partial charge in [0, 0.05) is 38.5 Å². The Kier molecular flexibility index (Phi) is 9.08. The minimum atomic E-state index is -4.68. The predicted molar refractivity (Wildman–Crippen MR) is 149 cm³/mol. The number of hydrogen-bond acceptors (Lipinski definition) is 5. The van der Waals surface area contributed by atoms with Crippen LogP contribution < -0.4 is 0 Å². The van der Waals surface area contributed by atoms with Crippen LogP contribution in [0.4, 0.5) is 22.8 Å². The minimum absolute atomic E-state index is 0.0303. The first-order chi connectivity index (χ1) is 19.7. The van der Waals surface area contributed by atoms with Crippen LogP contribution in [0.15, 0.2) is 48.5 Å². The van der Waals surface area contributed by atoms with E-state index >= 15 is 0 Å². The molecule has 4 rings (SSSR count). The first-order valence-corrected chi connectivity index (χ1v) is 14.1. The van der Waals surface area contributed by atoms with E-state index in [4.69, 9.17) is 14.6 Å². The number of piperidine rings is 1. The van der Waals surface area contributed by atoms with Gasteiger partial charge in [-0.3, -0.25) is 4.79 Å². The Morgan fingerprint density at radius 3 is 2.02 bits per heavy atom. The summed E-state index contributed by atoms with van der Waals surface area (Å²) in [7, 11) is 0. The fraction of sp³-hybridized carbons (Fsp3) is 0.516. The van der Waals surface area contributed by atoms with Crippen LogP contribution in [0.5, 0.6) is 0 Å². The van der Waals surface area contributed by atoms with E-state index in [-0.39, 0.29) is 45.0 Å². The maximum Gasteiger partial charge on any atom is 0.410 e. The fourth-order valence-electron chi connectivity index (χ4n) is 5.68. The molecule has 1 saturated heterocycles. The van der Waals surface area contributed by atoms with Gasteiger partial charge < -0.3 is 24.4 Å². The van der Waals surface area contributed by atoms with Crippen molar-refractivity contribution in [1.82, 2.24) is 9.80 Å². The van der Waals surface area contributed by atoms with Crippen molar-refractivity contribution in [1.29, 1.82) is 0 Å². The molecule has 0 aromatic heterocycles. The van der Waals surface area contributed by atoms with Gasteiger partial charge in [0.1, 0.15) is 12.2 Å². The number of rotatable bonds is 8. The van der Waals surface area contributed by atoms with Crippen molar-refractivity contribution in [3.8, 4) is 11.1 Å². The molecule has 1 aliphatic carbocycles. The highest BCUT2D eigenvalue weighted by Gasteiger charge is 2.57. The number of halogens is 3. The molecule has 228 valence electrons. The number of aliphatic carboxylic acids is 1. The number of amides is 2. The van der Waals surface area contributed by atoms with Gasteiger partial charge in [-0.15, -0.1) is 0 Å². The highest BCUT2D eigenvalue weighted by atomic mass is 19.4. The molecular formula is C31H37F3N2O6. The van der Waals surface area contributed by atoms with Crippen LogP contribution in [0.25, 0.3) is 11.1 Å². The smallest absolute Gasteiger partial charge is 0.410 e. The lowest BCUT2D eigenvalue weighted by Gasteiger charge is -2.45. The lowest BCUT2D eigenvalue weighted by atomic mass is 9.77. The van der Waals surface area contributed by atoms with Crippen LogP contribution in [0.3, 0.4) is 0 Å². The van der Waals surface area contributed by atoms with E-state index in [1.807, 2.05) is 48.5 Å². The van der Waals surface area contributed by atoms with E-state index in [1.54, 1.807) is 20.8 Å². The summed E-state index contributed by atoms with van der Waals surface area (Å²) in [5.41, 5.74) is 0.872. The van der Waals surface area contributed by atoms with E-state index in [2.05, 4.69) is 0 Å². The number of benzene rings is 2. The van der Waals surface area contributed by atoms with Gasteiger partial charge in [-0.05, 0) is 62.3 Å². The normalized spacial score (nSPS) is 16.4. The Bertz CT molecular complexity index is 1250. The number of carbonyl (C=O) groups is 3. The van der Waals surface area contributed by atoms with Crippen molar-refractivity contribution >= 4 is 18.2 Å². The van der Waals surface area contributed by atoms with Crippen molar-refractivity contribution < 1.29 is 42.1 Å². The van der Waals surface area contributed by atoms with Crippen LogP contribution in [0.2, 0.25) is 0 Å². The molecule has 0 radical (unpaired) electrons. The molecule has 2 aliphatic rings. The number of ether oxygens (including phenoxy) is 2. The molecule has 11 heteroatoms. The third-order valence-corrected chi connectivity index (χ3v) is 7.88. The predicted octanol–water partition coefficient (Wildman–Crippen LogP) is 6.68. The molecule has 1 aliphatic heterocycles. The van der Waals surface area contributed by atoms with E-state index in [0.29, 0.717) is 0 Å². The Labute approximate surface area is 243 Å². The monoisotopic (exact) mass is 590 g/mol. The average molecular weight is 591 g/mol. The Morgan fingerprint density at radius 2 is 1.52 bits per heavy atom. The summed E-state index contributed by atoms with van der Waals surface area (Å²) >= 11 is 0. The second kappa shape index (κ2) is 12.2. The van der Waals surface area contributed by atoms with E-state index in [1.165, 1.54) is 4.90 Å². The van der Waals surface area contributed by atoms with Crippen LogP contribution >= 0.6 is 0 Å². The van der Waals surface area contributed by atoms with Gasteiger partial charge >= 0.3 is 24.3 Å². The molecule has 0 unspecified atom stereocenters. The van der Waals surface area contributed by atoms with Gasteiger partial charge in [-0.1, -0.05) is 48.5 Å². The zero-order chi connectivity index (χ0) is 30.7. The van der Waals surface area contributed by atoms with E-state index in [0.717, 1.165) is 27.2 Å². The zero-order valence-electron chi connectivity index (χ0n) is 24.1. The number of likely N-dealkylation sites (tertiary alicyclic amines) is 1. The topological polar surface area (TPSA) is 96.4 Å². The Morgan fingerprint density at radius 1 is 0.976 bits per heavy atom. The maximum absolute atomic E-state index is 14.6. The third kappa shape index (κ3) is 6.99. The van der Waals surface area contributed by atoms with Crippen molar-refractivity contribution in [2.24, 2.45) is 5.41 Å². The molecule has 0 atom stereocenters. The SMILES string of the molecule is CC(C)(C)OC(=O)N1CCC(CN(CCCC(=O)O)C(=O)OCC2c3ccccc3-c3ccccc32)(C(F)(F)F)CC1. The third-order valence-electron chi connectivity index (χ3n) is 7.88. The van der Waals surface area contributed by atoms with Crippen molar-refractivity contribution in [2.75, 3.05) is 32.8 Å². The lowest BCUT2D eigenvalue weighted by Crippen LogP contribution is -2.56. The number of alkyl halides is 3. The summed E-state index contributed by atoms with van der Waals surface area (Å²) in [6.07, 6.45) is -7.49. The second-order valence-corrected chi connectivity index (χ2v) is 12.0. The Balaban J connectivity index is 1.50. The summed E-state index contributed by atoms with van der Waals surface area (Å²) in [6, 6.07) is 15.4. The number of hydrogen-bond donors (Lipinski definition) is 1. The molecule has 2 aromatic carbocycles. The van der Waals surface area contributed by atoms with Crippen molar-refractivity contribution in [3.05, 3.63) is 59.7 Å². The molecular weight excluding hydrogens is 553 g/mol. The molecule has 2 amide bonds. The molecule has 1 fully saturated rings. The summed E-state index contributed by atoms with van der Waals surface area (Å²) < 4.78 is 54.9. The lowest BCUT2D eigenvalue weighted by molar-refractivity contribution is -0.241. The van der Waals surface area contributed by atoms with Gasteiger partial charge in [0.2, 0.25) is 0 Å². The second-order valence-electron chi connectivity index (χ2n) is 12.0. The summed E-state index contributed by atoms with van der Waals surface area (Å²) in [4.78, 5) is 39.2. The van der Waals surface area contributed by atoms with Gasteiger partial charge in [-0.25, -0.2) is 9.59 Å². The number of nitrogens with zero attached hydrogens (tertiary/aromatic N) is 2. The maximum atomic E-state index is 14.6. The number of carboxylic acid groups (broad SMARTS) is 1. The largest absolute Gasteiger partial charge is 0.481 e. The van der Waals surface area contributed by atoms with Crippen molar-refractivity contribution in [2.45, 2.75) is 64.1 Å². The summed E-state index contributed by atoms with van der Waals surface area (Å²) in [5.74, 6) is -1.39. The molecule has 2 aromatic rings. The Hall–Kier alpha value is -3.76. The van der Waals surface area contributed by atoms with Gasteiger partial charge in [0.15, 0.2) is 0 Å².